The van der Waals surface area contributed by atoms with Gasteiger partial charge in [0.25, 0.3) is 0 Å². The number of para-hydroxylation sites is 1. The zero-order valence-electron chi connectivity index (χ0n) is 28.9. The molecular formula is C46H44N2. The van der Waals surface area contributed by atoms with Crippen LogP contribution < -0.4 is 4.90 Å². The van der Waals surface area contributed by atoms with Crippen molar-refractivity contribution in [1.29, 1.82) is 0 Å². The average molecular weight is 625 g/mol. The Labute approximate surface area is 285 Å². The van der Waals surface area contributed by atoms with Crippen molar-refractivity contribution < 1.29 is 0 Å². The summed E-state index contributed by atoms with van der Waals surface area (Å²) in [6.45, 7) is 11.8. The Balaban J connectivity index is 1.26. The maximum absolute atomic E-state index is 2.46. The molecule has 6 aromatic rings. The van der Waals surface area contributed by atoms with Crippen LogP contribution in [0.1, 0.15) is 57.4 Å². The van der Waals surface area contributed by atoms with Crippen LogP contribution in [-0.4, -0.2) is 4.57 Å². The molecule has 2 heteroatoms. The minimum absolute atomic E-state index is 0.00686. The van der Waals surface area contributed by atoms with Crippen molar-refractivity contribution in [2.75, 3.05) is 4.90 Å². The van der Waals surface area contributed by atoms with Gasteiger partial charge in [-0.05, 0) is 81.6 Å². The van der Waals surface area contributed by atoms with E-state index in [2.05, 4.69) is 197 Å². The quantitative estimate of drug-likeness (QED) is 0.185. The van der Waals surface area contributed by atoms with Crippen molar-refractivity contribution >= 4 is 28.0 Å². The minimum Gasteiger partial charge on any atom is -0.347 e. The van der Waals surface area contributed by atoms with Crippen LogP contribution in [0.25, 0.3) is 33.2 Å². The van der Waals surface area contributed by atoms with Gasteiger partial charge >= 0.3 is 0 Å². The summed E-state index contributed by atoms with van der Waals surface area (Å²) in [5, 5.41) is 1.30. The second-order valence-electron chi connectivity index (χ2n) is 15.2. The van der Waals surface area contributed by atoms with Crippen LogP contribution in [0.5, 0.6) is 0 Å². The van der Waals surface area contributed by atoms with Gasteiger partial charge in [0.2, 0.25) is 0 Å². The molecule has 238 valence electrons. The van der Waals surface area contributed by atoms with Crippen molar-refractivity contribution in [3.63, 3.8) is 0 Å². The number of nitrogens with zero attached hydrogens (tertiary/aromatic N) is 2. The number of rotatable bonds is 5. The van der Waals surface area contributed by atoms with Gasteiger partial charge in [0.1, 0.15) is 0 Å². The number of fused-ring (bicyclic) bond motifs is 4. The summed E-state index contributed by atoms with van der Waals surface area (Å²) in [6, 6.07) is 44.9. The summed E-state index contributed by atoms with van der Waals surface area (Å²) >= 11 is 0. The number of hydrogen-bond donors (Lipinski definition) is 0. The van der Waals surface area contributed by atoms with Gasteiger partial charge in [-0.3, -0.25) is 0 Å². The molecule has 8 rings (SSSR count). The van der Waals surface area contributed by atoms with Crippen LogP contribution in [0.3, 0.4) is 0 Å². The lowest BCUT2D eigenvalue weighted by molar-refractivity contribution is 0.394. The van der Waals surface area contributed by atoms with Crippen molar-refractivity contribution in [3.05, 3.63) is 162 Å². The van der Waals surface area contributed by atoms with E-state index < -0.39 is 0 Å². The Morgan fingerprint density at radius 3 is 1.90 bits per heavy atom. The summed E-state index contributed by atoms with van der Waals surface area (Å²) in [5.41, 5.74) is 14.1. The van der Waals surface area contributed by atoms with E-state index in [-0.39, 0.29) is 10.8 Å². The number of benzene rings is 5. The molecule has 0 saturated carbocycles. The van der Waals surface area contributed by atoms with Gasteiger partial charge < -0.3 is 9.47 Å². The van der Waals surface area contributed by atoms with Crippen molar-refractivity contribution in [3.8, 4) is 22.3 Å². The molecule has 0 saturated heterocycles. The van der Waals surface area contributed by atoms with Gasteiger partial charge in [0, 0.05) is 57.6 Å². The van der Waals surface area contributed by atoms with E-state index >= 15 is 0 Å². The summed E-state index contributed by atoms with van der Waals surface area (Å²) < 4.78 is 2.38. The summed E-state index contributed by atoms with van der Waals surface area (Å²) in [7, 11) is 2.21. The molecule has 2 aliphatic rings. The van der Waals surface area contributed by atoms with Crippen LogP contribution in [0.2, 0.25) is 0 Å². The molecule has 5 aromatic carbocycles. The first-order valence-corrected chi connectivity index (χ1v) is 17.3. The van der Waals surface area contributed by atoms with E-state index in [9.17, 15) is 0 Å². The molecule has 0 fully saturated rings. The fourth-order valence-electron chi connectivity index (χ4n) is 8.53. The van der Waals surface area contributed by atoms with Gasteiger partial charge in [-0.25, -0.2) is 0 Å². The summed E-state index contributed by atoms with van der Waals surface area (Å²) in [6.07, 6.45) is 9.22. The SMILES string of the molecule is Cn1c(C(C)(C)C)c(-c2ccc(N(c3ccc(-c4ccccc4)cc3)c3ccc4c(c3)C(C)(C)C3C=CC=CC43)cc2)c2ccccc21. The highest BCUT2D eigenvalue weighted by Crippen LogP contribution is 2.54. The normalized spacial score (nSPS) is 17.8. The summed E-state index contributed by atoms with van der Waals surface area (Å²) in [4.78, 5) is 2.43. The van der Waals surface area contributed by atoms with Gasteiger partial charge in [-0.15, -0.1) is 0 Å². The Bertz CT molecular complexity index is 2190. The van der Waals surface area contributed by atoms with Crippen LogP contribution >= 0.6 is 0 Å². The highest BCUT2D eigenvalue weighted by molar-refractivity contribution is 5.99. The molecule has 48 heavy (non-hydrogen) atoms. The Morgan fingerprint density at radius 2 is 1.21 bits per heavy atom. The molecule has 0 radical (unpaired) electrons. The minimum atomic E-state index is -0.00686. The molecule has 0 N–H and O–H groups in total. The maximum Gasteiger partial charge on any atom is 0.0486 e. The molecule has 2 unspecified atom stereocenters. The third-order valence-electron chi connectivity index (χ3n) is 10.8. The molecular weight excluding hydrogens is 581 g/mol. The van der Waals surface area contributed by atoms with Crippen LogP contribution in [0.15, 0.2) is 146 Å². The second-order valence-corrected chi connectivity index (χ2v) is 15.2. The predicted octanol–water partition coefficient (Wildman–Crippen LogP) is 12.4. The predicted molar refractivity (Wildman–Crippen MR) is 205 cm³/mol. The Morgan fingerprint density at radius 1 is 0.625 bits per heavy atom. The van der Waals surface area contributed by atoms with E-state index in [1.165, 1.54) is 55.7 Å². The van der Waals surface area contributed by atoms with Crippen molar-refractivity contribution in [2.24, 2.45) is 13.0 Å². The number of anilines is 3. The lowest BCUT2D eigenvalue weighted by Gasteiger charge is -2.30. The van der Waals surface area contributed by atoms with E-state index in [0.29, 0.717) is 11.8 Å². The number of allylic oxidation sites excluding steroid dienone is 4. The average Bonchev–Trinajstić information content (AvgIpc) is 3.53. The topological polar surface area (TPSA) is 8.17 Å². The molecule has 2 aliphatic carbocycles. The lowest BCUT2D eigenvalue weighted by Crippen LogP contribution is -2.24. The highest BCUT2D eigenvalue weighted by Gasteiger charge is 2.44. The largest absolute Gasteiger partial charge is 0.347 e. The third kappa shape index (κ3) is 4.85. The van der Waals surface area contributed by atoms with Crippen LogP contribution in [0.4, 0.5) is 17.1 Å². The molecule has 2 atom stereocenters. The fourth-order valence-corrected chi connectivity index (χ4v) is 8.53. The van der Waals surface area contributed by atoms with Crippen molar-refractivity contribution in [2.45, 2.75) is 51.4 Å². The molecule has 0 amide bonds. The number of aryl methyl sites for hydroxylation is 1. The van der Waals surface area contributed by atoms with Gasteiger partial charge in [0.15, 0.2) is 0 Å². The molecule has 0 bridgehead atoms. The Hall–Kier alpha value is -5.08. The standard InChI is InChI=1S/C46H44N2/c1-45(2,3)44-43(39-17-11-13-19-42(39)47(44)6)33-22-26-35(27-23-33)48(34-24-20-32(21-25-34)31-14-8-7-9-15-31)36-28-29-38-37-16-10-12-18-40(37)46(4,5)41(38)30-36/h7-30,37,40H,1-6H3. The van der Waals surface area contributed by atoms with E-state index in [4.69, 9.17) is 0 Å². The lowest BCUT2D eigenvalue weighted by atomic mass is 9.74. The first kappa shape index (κ1) is 30.3. The maximum atomic E-state index is 2.46. The number of aromatic nitrogens is 1. The van der Waals surface area contributed by atoms with Gasteiger partial charge in [0.05, 0.1) is 0 Å². The highest BCUT2D eigenvalue weighted by atomic mass is 15.1. The molecule has 0 spiro atoms. The summed E-state index contributed by atoms with van der Waals surface area (Å²) in [5.74, 6) is 0.910. The molecule has 2 nitrogen and oxygen atoms in total. The van der Waals surface area contributed by atoms with Crippen molar-refractivity contribution in [1.82, 2.24) is 4.57 Å². The van der Waals surface area contributed by atoms with E-state index in [1.807, 2.05) is 0 Å². The molecule has 1 heterocycles. The van der Waals surface area contributed by atoms with Crippen LogP contribution in [-0.2, 0) is 17.9 Å². The van der Waals surface area contributed by atoms with Gasteiger partial charge in [-0.2, -0.15) is 0 Å². The van der Waals surface area contributed by atoms with E-state index in [1.54, 1.807) is 0 Å². The first-order chi connectivity index (χ1) is 23.1. The third-order valence-corrected chi connectivity index (χ3v) is 10.8. The monoisotopic (exact) mass is 624 g/mol. The molecule has 1 aromatic heterocycles. The second kappa shape index (κ2) is 11.3. The zero-order chi connectivity index (χ0) is 33.2. The zero-order valence-corrected chi connectivity index (χ0v) is 28.9. The fraction of sp³-hybridized carbons (Fsp3) is 0.217. The smallest absolute Gasteiger partial charge is 0.0486 e. The Kier molecular flexibility index (Phi) is 7.11. The first-order valence-electron chi connectivity index (χ1n) is 17.3. The van der Waals surface area contributed by atoms with Crippen LogP contribution in [0, 0.1) is 5.92 Å². The van der Waals surface area contributed by atoms with Gasteiger partial charge in [-0.1, -0.05) is 138 Å². The number of hydrogen-bond acceptors (Lipinski definition) is 1. The van der Waals surface area contributed by atoms with E-state index in [0.717, 1.165) is 11.4 Å². The molecule has 0 aliphatic heterocycles.